The Balaban J connectivity index is 1.92. The summed E-state index contributed by atoms with van der Waals surface area (Å²) in [7, 11) is 1.66. The van der Waals surface area contributed by atoms with E-state index >= 15 is 0 Å². The Morgan fingerprint density at radius 1 is 1.42 bits per heavy atom. The first kappa shape index (κ1) is 13.0. The second kappa shape index (κ2) is 5.15. The average molecular weight is 340 g/mol. The zero-order valence-corrected chi connectivity index (χ0v) is 12.8. The van der Waals surface area contributed by atoms with Crippen LogP contribution in [0.1, 0.15) is 29.0 Å². The molecule has 1 aliphatic rings. The maximum Gasteiger partial charge on any atom is 0.135 e. The maximum atomic E-state index is 6.26. The van der Waals surface area contributed by atoms with Gasteiger partial charge in [0, 0.05) is 32.8 Å². The highest BCUT2D eigenvalue weighted by Crippen LogP contribution is 2.42. The Labute approximate surface area is 124 Å². The first-order valence-electron chi connectivity index (χ1n) is 6.01. The van der Waals surface area contributed by atoms with Gasteiger partial charge in [-0.05, 0) is 40.2 Å². The van der Waals surface area contributed by atoms with E-state index in [1.165, 1.54) is 4.88 Å². The molecule has 5 heteroatoms. The summed E-state index contributed by atoms with van der Waals surface area (Å²) in [6.45, 7) is 0. The molecule has 2 aromatic rings. The molecule has 1 aromatic carbocycles. The molecule has 0 spiro atoms. The summed E-state index contributed by atoms with van der Waals surface area (Å²) in [6, 6.07) is 7.86. The standard InChI is InChI=1S/C14H14BrNO2S/c1-17-9-2-3-12-10(5-9)11(16)6-13(18-12)14-4-8(15)7-19-14/h2-5,7,11,13H,6,16H2,1H3. The van der Waals surface area contributed by atoms with Gasteiger partial charge in [-0.25, -0.2) is 0 Å². The summed E-state index contributed by atoms with van der Waals surface area (Å²) in [5.41, 5.74) is 7.28. The van der Waals surface area contributed by atoms with Gasteiger partial charge in [0.1, 0.15) is 17.6 Å². The lowest BCUT2D eigenvalue weighted by Gasteiger charge is -2.30. The molecular formula is C14H14BrNO2S. The summed E-state index contributed by atoms with van der Waals surface area (Å²) in [6.07, 6.45) is 0.819. The van der Waals surface area contributed by atoms with Crippen LogP contribution in [-0.2, 0) is 0 Å². The Bertz CT molecular complexity index is 599. The van der Waals surface area contributed by atoms with E-state index in [0.717, 1.165) is 28.0 Å². The van der Waals surface area contributed by atoms with Crippen molar-refractivity contribution in [3.63, 3.8) is 0 Å². The fourth-order valence-electron chi connectivity index (χ4n) is 2.28. The third-order valence-corrected chi connectivity index (χ3v) is 5.04. The summed E-state index contributed by atoms with van der Waals surface area (Å²) >= 11 is 5.16. The first-order chi connectivity index (χ1) is 9.17. The lowest BCUT2D eigenvalue weighted by molar-refractivity contribution is 0.164. The van der Waals surface area contributed by atoms with Crippen LogP contribution in [0.4, 0.5) is 0 Å². The van der Waals surface area contributed by atoms with Gasteiger partial charge in [-0.2, -0.15) is 0 Å². The highest BCUT2D eigenvalue weighted by atomic mass is 79.9. The molecule has 1 aliphatic heterocycles. The van der Waals surface area contributed by atoms with Crippen LogP contribution < -0.4 is 15.2 Å². The molecule has 0 fully saturated rings. The van der Waals surface area contributed by atoms with Crippen LogP contribution in [0, 0.1) is 0 Å². The Morgan fingerprint density at radius 2 is 2.26 bits per heavy atom. The smallest absolute Gasteiger partial charge is 0.135 e. The minimum Gasteiger partial charge on any atom is -0.497 e. The SMILES string of the molecule is COc1ccc2c(c1)C(N)CC(c1cc(Br)cs1)O2. The zero-order valence-electron chi connectivity index (χ0n) is 10.4. The minimum atomic E-state index is -0.0234. The van der Waals surface area contributed by atoms with Crippen LogP contribution in [0.15, 0.2) is 34.1 Å². The fraction of sp³-hybridized carbons (Fsp3) is 0.286. The summed E-state index contributed by atoms with van der Waals surface area (Å²) in [5, 5.41) is 2.06. The summed E-state index contributed by atoms with van der Waals surface area (Å²) in [4.78, 5) is 1.20. The molecule has 0 aliphatic carbocycles. The van der Waals surface area contributed by atoms with Gasteiger partial charge in [-0.15, -0.1) is 11.3 Å². The molecule has 100 valence electrons. The van der Waals surface area contributed by atoms with Gasteiger partial charge >= 0.3 is 0 Å². The third-order valence-electron chi connectivity index (χ3n) is 3.26. The molecule has 0 radical (unpaired) electrons. The molecule has 0 amide bonds. The zero-order chi connectivity index (χ0) is 13.4. The number of fused-ring (bicyclic) bond motifs is 1. The van der Waals surface area contributed by atoms with Crippen LogP contribution in [0.3, 0.4) is 0 Å². The van der Waals surface area contributed by atoms with E-state index in [0.29, 0.717) is 0 Å². The molecule has 0 saturated carbocycles. The number of rotatable bonds is 2. The van der Waals surface area contributed by atoms with Crippen LogP contribution in [0.2, 0.25) is 0 Å². The van der Waals surface area contributed by atoms with Crippen molar-refractivity contribution in [2.24, 2.45) is 5.73 Å². The minimum absolute atomic E-state index is 0.0234. The van der Waals surface area contributed by atoms with Crippen molar-refractivity contribution in [1.82, 2.24) is 0 Å². The van der Waals surface area contributed by atoms with Crippen LogP contribution in [0.5, 0.6) is 11.5 Å². The van der Waals surface area contributed by atoms with Crippen LogP contribution in [0.25, 0.3) is 0 Å². The topological polar surface area (TPSA) is 44.5 Å². The average Bonchev–Trinajstić information content (AvgIpc) is 2.85. The Kier molecular flexibility index (Phi) is 3.52. The lowest BCUT2D eigenvalue weighted by Crippen LogP contribution is -2.23. The number of benzene rings is 1. The third kappa shape index (κ3) is 2.50. The van der Waals surface area contributed by atoms with E-state index in [1.807, 2.05) is 18.2 Å². The molecule has 0 bridgehead atoms. The van der Waals surface area contributed by atoms with E-state index in [9.17, 15) is 0 Å². The molecule has 1 aromatic heterocycles. The monoisotopic (exact) mass is 339 g/mol. The normalized spacial score (nSPS) is 21.6. The molecule has 3 nitrogen and oxygen atoms in total. The van der Waals surface area contributed by atoms with E-state index in [2.05, 4.69) is 27.4 Å². The van der Waals surface area contributed by atoms with E-state index in [-0.39, 0.29) is 12.1 Å². The molecule has 3 rings (SSSR count). The molecule has 2 N–H and O–H groups in total. The van der Waals surface area contributed by atoms with Crippen molar-refractivity contribution in [1.29, 1.82) is 0 Å². The molecule has 0 saturated heterocycles. The molecule has 2 unspecified atom stereocenters. The van der Waals surface area contributed by atoms with Gasteiger partial charge in [0.2, 0.25) is 0 Å². The van der Waals surface area contributed by atoms with Gasteiger partial charge < -0.3 is 15.2 Å². The number of ether oxygens (including phenoxy) is 2. The van der Waals surface area contributed by atoms with Crippen molar-refractivity contribution in [3.8, 4) is 11.5 Å². The highest BCUT2D eigenvalue weighted by Gasteiger charge is 2.28. The second-order valence-corrected chi connectivity index (χ2v) is 6.38. The number of nitrogens with two attached hydrogens (primary N) is 1. The predicted octanol–water partition coefficient (Wildman–Crippen LogP) is 4.04. The van der Waals surface area contributed by atoms with Crippen molar-refractivity contribution < 1.29 is 9.47 Å². The van der Waals surface area contributed by atoms with E-state index in [4.69, 9.17) is 15.2 Å². The quantitative estimate of drug-likeness (QED) is 0.897. The van der Waals surface area contributed by atoms with Crippen molar-refractivity contribution in [3.05, 3.63) is 44.6 Å². The number of methoxy groups -OCH3 is 1. The highest BCUT2D eigenvalue weighted by molar-refractivity contribution is 9.10. The lowest BCUT2D eigenvalue weighted by atomic mass is 9.96. The van der Waals surface area contributed by atoms with Crippen molar-refractivity contribution in [2.75, 3.05) is 7.11 Å². The number of halogens is 1. The summed E-state index contributed by atoms with van der Waals surface area (Å²) < 4.78 is 12.4. The summed E-state index contributed by atoms with van der Waals surface area (Å²) in [5.74, 6) is 1.67. The van der Waals surface area contributed by atoms with Gasteiger partial charge in [-0.3, -0.25) is 0 Å². The number of hydrogen-bond acceptors (Lipinski definition) is 4. The predicted molar refractivity (Wildman–Crippen MR) is 79.9 cm³/mol. The largest absolute Gasteiger partial charge is 0.497 e. The van der Waals surface area contributed by atoms with Gasteiger partial charge in [0.15, 0.2) is 0 Å². The molecule has 19 heavy (non-hydrogen) atoms. The molecule has 2 atom stereocenters. The molecule has 2 heterocycles. The maximum absolute atomic E-state index is 6.26. The van der Waals surface area contributed by atoms with E-state index < -0.39 is 0 Å². The first-order valence-corrected chi connectivity index (χ1v) is 7.68. The van der Waals surface area contributed by atoms with Gasteiger partial charge in [0.25, 0.3) is 0 Å². The molecular weight excluding hydrogens is 326 g/mol. The second-order valence-electron chi connectivity index (χ2n) is 4.52. The van der Waals surface area contributed by atoms with Crippen molar-refractivity contribution in [2.45, 2.75) is 18.6 Å². The number of hydrogen-bond donors (Lipinski definition) is 1. The van der Waals surface area contributed by atoms with Crippen molar-refractivity contribution >= 4 is 27.3 Å². The number of thiophene rings is 1. The Hall–Kier alpha value is -1.04. The van der Waals surface area contributed by atoms with Gasteiger partial charge in [0.05, 0.1) is 7.11 Å². The van der Waals surface area contributed by atoms with Crippen LogP contribution >= 0.6 is 27.3 Å². The fourth-order valence-corrected chi connectivity index (χ4v) is 3.77. The Morgan fingerprint density at radius 3 is 2.95 bits per heavy atom. The van der Waals surface area contributed by atoms with Gasteiger partial charge in [-0.1, -0.05) is 0 Å². The van der Waals surface area contributed by atoms with Crippen LogP contribution in [-0.4, -0.2) is 7.11 Å². The van der Waals surface area contributed by atoms with E-state index in [1.54, 1.807) is 18.4 Å².